The highest BCUT2D eigenvalue weighted by Gasteiger charge is 2.17. The van der Waals surface area contributed by atoms with E-state index in [0.717, 1.165) is 72.8 Å². The van der Waals surface area contributed by atoms with Crippen LogP contribution in [0.4, 0.5) is 5.82 Å². The summed E-state index contributed by atoms with van der Waals surface area (Å²) in [6.45, 7) is 13.6. The lowest BCUT2D eigenvalue weighted by atomic mass is 9.98. The number of amides is 1. The van der Waals surface area contributed by atoms with Gasteiger partial charge in [-0.25, -0.2) is 4.99 Å². The molecule has 2 aliphatic rings. The molecule has 4 heterocycles. The van der Waals surface area contributed by atoms with Crippen molar-refractivity contribution < 1.29 is 4.79 Å². The minimum absolute atomic E-state index is 0.131. The van der Waals surface area contributed by atoms with Crippen molar-refractivity contribution >= 4 is 29.3 Å². The summed E-state index contributed by atoms with van der Waals surface area (Å²) in [6, 6.07) is 8.37. The van der Waals surface area contributed by atoms with Crippen molar-refractivity contribution in [3.63, 3.8) is 0 Å². The molecule has 1 atom stereocenters. The fraction of sp³-hybridized carbons (Fsp3) is 0.452. The number of nitrogens with one attached hydrogen (secondary N) is 2. The average molecular weight is 541 g/mol. The molecule has 0 spiro atoms. The Bertz CT molecular complexity index is 1440. The highest BCUT2D eigenvalue weighted by atomic mass is 16.1. The standard InChI is InChI=1S/C31H40N8O/c1-21-7-10-26(36-29-15-27-19-32-11-6-12-38(27)37-29)14-28(33-16-21)23-8-9-24(22(2)13-23)17-34-30(40)25-18-35-39(20-25)31(3,4)5/h8-9,13-16,18,20-21,32H,6-7,10-12,17,19H2,1-5H3,(H,34,40)/b28-14-,33-16?,36-26?. The molecule has 3 aromatic rings. The molecule has 0 radical (unpaired) electrons. The number of allylic oxidation sites excluding steroid dienone is 1. The van der Waals surface area contributed by atoms with Crippen LogP contribution < -0.4 is 10.6 Å². The summed E-state index contributed by atoms with van der Waals surface area (Å²) < 4.78 is 3.88. The molecule has 2 N–H and O–H groups in total. The third-order valence-corrected chi connectivity index (χ3v) is 7.38. The number of carbonyl (C=O) groups is 1. The Morgan fingerprint density at radius 3 is 2.88 bits per heavy atom. The number of fused-ring (bicyclic) bond motifs is 1. The molecule has 40 heavy (non-hydrogen) atoms. The van der Waals surface area contributed by atoms with Gasteiger partial charge in [-0.15, -0.1) is 0 Å². The van der Waals surface area contributed by atoms with Gasteiger partial charge >= 0.3 is 0 Å². The molecule has 0 aliphatic carbocycles. The van der Waals surface area contributed by atoms with Crippen LogP contribution in [0.1, 0.15) is 79.7 Å². The molecule has 0 saturated carbocycles. The first-order chi connectivity index (χ1) is 19.2. The lowest BCUT2D eigenvalue weighted by Gasteiger charge is -2.18. The maximum atomic E-state index is 12.7. The lowest BCUT2D eigenvalue weighted by Crippen LogP contribution is -2.24. The van der Waals surface area contributed by atoms with Crippen molar-refractivity contribution in [2.24, 2.45) is 15.9 Å². The predicted octanol–water partition coefficient (Wildman–Crippen LogP) is 5.18. The van der Waals surface area contributed by atoms with Gasteiger partial charge < -0.3 is 10.6 Å². The van der Waals surface area contributed by atoms with Gasteiger partial charge in [0, 0.05) is 49.4 Å². The molecule has 0 saturated heterocycles. The Hall–Kier alpha value is -3.85. The Balaban J connectivity index is 1.33. The smallest absolute Gasteiger partial charge is 0.254 e. The van der Waals surface area contributed by atoms with Crippen LogP contribution in [-0.2, 0) is 25.2 Å². The number of aryl methyl sites for hydroxylation is 2. The number of hydrogen-bond acceptors (Lipinski definition) is 6. The van der Waals surface area contributed by atoms with Gasteiger partial charge in [0.25, 0.3) is 5.91 Å². The van der Waals surface area contributed by atoms with Crippen molar-refractivity contribution in [1.29, 1.82) is 0 Å². The highest BCUT2D eigenvalue weighted by Crippen LogP contribution is 2.25. The summed E-state index contributed by atoms with van der Waals surface area (Å²) in [6.07, 6.45) is 10.5. The first-order valence-electron chi connectivity index (χ1n) is 14.2. The summed E-state index contributed by atoms with van der Waals surface area (Å²) in [4.78, 5) is 22.5. The van der Waals surface area contributed by atoms with Gasteiger partial charge in [0.2, 0.25) is 0 Å². The molecule has 2 aromatic heterocycles. The van der Waals surface area contributed by atoms with Crippen LogP contribution in [0.3, 0.4) is 0 Å². The van der Waals surface area contributed by atoms with E-state index in [-0.39, 0.29) is 11.4 Å². The van der Waals surface area contributed by atoms with E-state index in [1.165, 1.54) is 5.69 Å². The minimum Gasteiger partial charge on any atom is -0.348 e. The normalized spacial score (nSPS) is 20.3. The molecule has 1 amide bonds. The molecule has 5 rings (SSSR count). The van der Waals surface area contributed by atoms with Crippen LogP contribution in [0, 0.1) is 12.8 Å². The van der Waals surface area contributed by atoms with Crippen molar-refractivity contribution in [3.05, 3.63) is 70.7 Å². The molecular formula is C31H40N8O. The number of benzene rings is 1. The van der Waals surface area contributed by atoms with Crippen molar-refractivity contribution in [2.75, 3.05) is 6.54 Å². The van der Waals surface area contributed by atoms with Gasteiger partial charge in [0.1, 0.15) is 0 Å². The second kappa shape index (κ2) is 11.7. The fourth-order valence-corrected chi connectivity index (χ4v) is 4.86. The van der Waals surface area contributed by atoms with E-state index < -0.39 is 0 Å². The van der Waals surface area contributed by atoms with Gasteiger partial charge in [-0.3, -0.25) is 19.2 Å². The predicted molar refractivity (Wildman–Crippen MR) is 160 cm³/mol. The molecule has 0 fully saturated rings. The molecule has 1 unspecified atom stereocenters. The average Bonchev–Trinajstić information content (AvgIpc) is 3.50. The van der Waals surface area contributed by atoms with Crippen molar-refractivity contribution in [1.82, 2.24) is 30.2 Å². The summed E-state index contributed by atoms with van der Waals surface area (Å²) in [7, 11) is 0. The molecule has 1 aromatic carbocycles. The Morgan fingerprint density at radius 2 is 2.10 bits per heavy atom. The topological polar surface area (TPSA) is 101 Å². The van der Waals surface area contributed by atoms with Gasteiger partial charge in [-0.1, -0.05) is 19.1 Å². The number of hydrogen-bond donors (Lipinski definition) is 2. The SMILES string of the molecule is Cc1cc(/C2=C/C(=Nc3cc4n(n3)CCCNC4)CCC(C)C=N2)ccc1CNC(=O)c1cnn(C(C)(C)C)c1. The van der Waals surface area contributed by atoms with Crippen molar-refractivity contribution in [2.45, 2.75) is 79.1 Å². The van der Waals surface area contributed by atoms with Crippen LogP contribution in [0.15, 0.2) is 52.7 Å². The minimum atomic E-state index is -0.170. The van der Waals surface area contributed by atoms with E-state index in [9.17, 15) is 4.79 Å². The van der Waals surface area contributed by atoms with E-state index in [0.29, 0.717) is 18.0 Å². The quantitative estimate of drug-likeness (QED) is 0.466. The van der Waals surface area contributed by atoms with Gasteiger partial charge in [0.15, 0.2) is 5.82 Å². The monoisotopic (exact) mass is 540 g/mol. The van der Waals surface area contributed by atoms with E-state index in [2.05, 4.69) is 85.4 Å². The van der Waals surface area contributed by atoms with Crippen LogP contribution in [0.25, 0.3) is 5.70 Å². The number of rotatable bonds is 5. The number of nitrogens with zero attached hydrogens (tertiary/aromatic N) is 6. The van der Waals surface area contributed by atoms with Crippen LogP contribution in [0.2, 0.25) is 0 Å². The summed E-state index contributed by atoms with van der Waals surface area (Å²) >= 11 is 0. The first kappa shape index (κ1) is 27.7. The second-order valence-corrected chi connectivity index (χ2v) is 11.8. The Kier molecular flexibility index (Phi) is 8.12. The van der Waals surface area contributed by atoms with Crippen LogP contribution in [0.5, 0.6) is 0 Å². The van der Waals surface area contributed by atoms with E-state index in [1.807, 2.05) is 10.9 Å². The Labute approximate surface area is 236 Å². The zero-order chi connectivity index (χ0) is 28.3. The first-order valence-corrected chi connectivity index (χ1v) is 14.2. The summed E-state index contributed by atoms with van der Waals surface area (Å²) in [5.74, 6) is 0.986. The van der Waals surface area contributed by atoms with Gasteiger partial charge in [-0.05, 0) is 82.7 Å². The Morgan fingerprint density at radius 1 is 1.25 bits per heavy atom. The molecule has 2 aliphatic heterocycles. The van der Waals surface area contributed by atoms with Crippen molar-refractivity contribution in [3.8, 4) is 0 Å². The third kappa shape index (κ3) is 6.65. The largest absolute Gasteiger partial charge is 0.348 e. The summed E-state index contributed by atoms with van der Waals surface area (Å²) in [5.41, 5.74) is 6.64. The third-order valence-electron chi connectivity index (χ3n) is 7.38. The highest BCUT2D eigenvalue weighted by molar-refractivity contribution is 6.03. The molecule has 9 nitrogen and oxygen atoms in total. The molecule has 210 valence electrons. The molecule has 0 bridgehead atoms. The number of aliphatic imine (C=N–C) groups is 2. The van der Waals surface area contributed by atoms with Crippen LogP contribution >= 0.6 is 0 Å². The van der Waals surface area contributed by atoms with E-state index in [1.54, 1.807) is 12.4 Å². The van der Waals surface area contributed by atoms with Gasteiger partial charge in [0.05, 0.1) is 28.7 Å². The van der Waals surface area contributed by atoms with Gasteiger partial charge in [-0.2, -0.15) is 10.2 Å². The fourth-order valence-electron chi connectivity index (χ4n) is 4.86. The number of aromatic nitrogens is 4. The zero-order valence-electron chi connectivity index (χ0n) is 24.2. The van der Waals surface area contributed by atoms with E-state index >= 15 is 0 Å². The maximum absolute atomic E-state index is 12.7. The lowest BCUT2D eigenvalue weighted by molar-refractivity contribution is 0.0950. The van der Waals surface area contributed by atoms with E-state index in [4.69, 9.17) is 15.1 Å². The zero-order valence-corrected chi connectivity index (χ0v) is 24.2. The maximum Gasteiger partial charge on any atom is 0.254 e. The molecular weight excluding hydrogens is 500 g/mol. The van der Waals surface area contributed by atoms with Crippen LogP contribution in [-0.4, -0.2) is 43.9 Å². The number of carbonyl (C=O) groups excluding carboxylic acids is 1. The second-order valence-electron chi connectivity index (χ2n) is 11.8. The molecule has 9 heteroatoms. The summed E-state index contributed by atoms with van der Waals surface area (Å²) in [5, 5.41) is 15.6.